The number of amides is 3. The number of esters is 1. The molecular formula is C64H83N5O11. The van der Waals surface area contributed by atoms with Crippen molar-refractivity contribution in [1.82, 2.24) is 25.5 Å². The second kappa shape index (κ2) is 25.5. The fourth-order valence-electron chi connectivity index (χ4n) is 15.4. The normalized spacial score (nSPS) is 27.5. The van der Waals surface area contributed by atoms with Crippen LogP contribution in [0, 0.1) is 46.3 Å². The van der Waals surface area contributed by atoms with Gasteiger partial charge >= 0.3 is 11.7 Å². The predicted octanol–water partition coefficient (Wildman–Crippen LogP) is 9.00. The maximum Gasteiger partial charge on any atom is 0.330 e. The van der Waals surface area contributed by atoms with E-state index >= 15 is 0 Å². The van der Waals surface area contributed by atoms with Gasteiger partial charge in [0.2, 0.25) is 17.7 Å². The molecule has 1 aromatic heterocycles. The molecule has 4 saturated carbocycles. The highest BCUT2D eigenvalue weighted by atomic mass is 16.6. The number of nitrogens with zero attached hydrogens (tertiary/aromatic N) is 1. The van der Waals surface area contributed by atoms with Crippen LogP contribution >= 0.6 is 0 Å². The van der Waals surface area contributed by atoms with Crippen molar-refractivity contribution in [2.75, 3.05) is 41.0 Å². The van der Waals surface area contributed by atoms with Crippen LogP contribution in [0.2, 0.25) is 0 Å². The number of nitrogens with one attached hydrogen (secondary N) is 4. The summed E-state index contributed by atoms with van der Waals surface area (Å²) in [6.07, 6.45) is 15.5. The molecule has 1 aliphatic heterocycles. The van der Waals surface area contributed by atoms with E-state index in [4.69, 9.17) is 23.7 Å². The van der Waals surface area contributed by atoms with Gasteiger partial charge < -0.3 is 39.6 Å². The first-order valence-corrected chi connectivity index (χ1v) is 29.2. The van der Waals surface area contributed by atoms with Gasteiger partial charge in [-0.05, 0) is 151 Å². The van der Waals surface area contributed by atoms with Gasteiger partial charge in [-0.3, -0.25) is 33.5 Å². The molecule has 0 unspecified atom stereocenters. The van der Waals surface area contributed by atoms with E-state index in [1.807, 2.05) is 78.9 Å². The number of ether oxygens (including phenoxy) is 5. The van der Waals surface area contributed by atoms with Crippen molar-refractivity contribution in [3.05, 3.63) is 134 Å². The third-order valence-electron chi connectivity index (χ3n) is 19.6. The molecule has 9 rings (SSSR count). The van der Waals surface area contributed by atoms with Gasteiger partial charge in [-0.2, -0.15) is 0 Å². The van der Waals surface area contributed by atoms with Crippen molar-refractivity contribution in [3.63, 3.8) is 0 Å². The Balaban J connectivity index is 0.825. The zero-order valence-corrected chi connectivity index (χ0v) is 47.6. The molecular weight excluding hydrogens is 1010 g/mol. The van der Waals surface area contributed by atoms with E-state index in [1.54, 1.807) is 14.2 Å². The average Bonchev–Trinajstić information content (AvgIpc) is 4.24. The summed E-state index contributed by atoms with van der Waals surface area (Å²) in [5.74, 6) is 4.32. The molecule has 16 nitrogen and oxygen atoms in total. The molecule has 80 heavy (non-hydrogen) atoms. The molecule has 0 spiro atoms. The molecule has 16 heteroatoms. The smallest absolute Gasteiger partial charge is 0.330 e. The SMILES string of the molecule is CNC(=O)CCC(=O)O[C@@H]1C[C@H](n2cc(C=CC(=O)NCCNC(=O)CC[C@@H](C)[C@H]3CC[C@H]4[C@@H]5CC[C@@H]6CCCC[C@]6(C)[C@H]5CC[C@]34C)c(=O)[nH]c2=O)O[C@@H]1COC(c1ccccc1)(c1ccc(OC)cc1)c1ccc(OC)cc1. The molecule has 4 aliphatic carbocycles. The van der Waals surface area contributed by atoms with Gasteiger partial charge in [0.1, 0.15) is 35.5 Å². The molecule has 3 amide bonds. The van der Waals surface area contributed by atoms with E-state index in [2.05, 4.69) is 41.7 Å². The molecule has 3 aromatic carbocycles. The Morgan fingerprint density at radius 3 is 2.14 bits per heavy atom. The topological polar surface area (TPSA) is 205 Å². The minimum Gasteiger partial charge on any atom is -0.497 e. The number of carbonyl (C=O) groups is 4. The molecule has 2 heterocycles. The van der Waals surface area contributed by atoms with Gasteiger partial charge in [0, 0.05) is 51.7 Å². The predicted molar refractivity (Wildman–Crippen MR) is 305 cm³/mol. The van der Waals surface area contributed by atoms with E-state index in [0.29, 0.717) is 40.6 Å². The molecule has 5 fully saturated rings. The lowest BCUT2D eigenvalue weighted by Crippen LogP contribution is -2.53. The van der Waals surface area contributed by atoms with Crippen LogP contribution in [0.5, 0.6) is 11.5 Å². The summed E-state index contributed by atoms with van der Waals surface area (Å²) in [6, 6.07) is 24.6. The molecule has 4 aromatic rings. The van der Waals surface area contributed by atoms with Gasteiger partial charge in [0.15, 0.2) is 0 Å². The monoisotopic (exact) mass is 1100 g/mol. The number of benzene rings is 3. The van der Waals surface area contributed by atoms with Crippen molar-refractivity contribution >= 4 is 29.8 Å². The van der Waals surface area contributed by atoms with Crippen LogP contribution in [0.15, 0.2) is 101 Å². The van der Waals surface area contributed by atoms with Crippen molar-refractivity contribution < 1.29 is 42.9 Å². The summed E-state index contributed by atoms with van der Waals surface area (Å²) in [5.41, 5.74) is 0.373. The number of aromatic amines is 1. The maximum absolute atomic E-state index is 13.6. The van der Waals surface area contributed by atoms with Crippen molar-refractivity contribution in [1.29, 1.82) is 0 Å². The second-order valence-electron chi connectivity index (χ2n) is 23.8. The van der Waals surface area contributed by atoms with Crippen LogP contribution in [0.4, 0.5) is 0 Å². The minimum absolute atomic E-state index is 0.00642. The number of hydrogen-bond acceptors (Lipinski definition) is 11. The van der Waals surface area contributed by atoms with Crippen LogP contribution < -0.4 is 36.7 Å². The Kier molecular flexibility index (Phi) is 18.5. The second-order valence-corrected chi connectivity index (χ2v) is 23.8. The van der Waals surface area contributed by atoms with Gasteiger partial charge in [0.25, 0.3) is 5.56 Å². The third kappa shape index (κ3) is 12.4. The highest BCUT2D eigenvalue weighted by molar-refractivity contribution is 5.91. The number of H-pyrrole nitrogens is 1. The molecule has 11 atom stereocenters. The van der Waals surface area contributed by atoms with Gasteiger partial charge in [-0.25, -0.2) is 4.79 Å². The van der Waals surface area contributed by atoms with Crippen LogP contribution in [0.3, 0.4) is 0 Å². The number of hydrogen-bond donors (Lipinski definition) is 4. The van der Waals surface area contributed by atoms with E-state index in [1.165, 1.54) is 94.2 Å². The fourth-order valence-corrected chi connectivity index (χ4v) is 15.4. The van der Waals surface area contributed by atoms with E-state index in [9.17, 15) is 28.8 Å². The highest BCUT2D eigenvalue weighted by Gasteiger charge is 2.60. The zero-order chi connectivity index (χ0) is 56.6. The quantitative estimate of drug-likeness (QED) is 0.0253. The molecule has 0 radical (unpaired) electrons. The Labute approximate surface area is 470 Å². The van der Waals surface area contributed by atoms with Crippen LogP contribution in [0.25, 0.3) is 6.08 Å². The number of rotatable bonds is 22. The van der Waals surface area contributed by atoms with Gasteiger partial charge in [-0.1, -0.05) is 88.2 Å². The number of aromatic nitrogens is 2. The Bertz CT molecular complexity index is 2890. The minimum atomic E-state index is -1.27. The highest BCUT2D eigenvalue weighted by Crippen LogP contribution is 2.68. The Morgan fingerprint density at radius 1 is 0.775 bits per heavy atom. The summed E-state index contributed by atoms with van der Waals surface area (Å²) in [4.78, 5) is 80.8. The first-order chi connectivity index (χ1) is 38.6. The third-order valence-corrected chi connectivity index (χ3v) is 19.6. The fraction of sp³-hybridized carbons (Fsp3) is 0.562. The van der Waals surface area contributed by atoms with Crippen molar-refractivity contribution in [3.8, 4) is 11.5 Å². The number of methoxy groups -OCH3 is 2. The first-order valence-electron chi connectivity index (χ1n) is 29.2. The summed E-state index contributed by atoms with van der Waals surface area (Å²) < 4.78 is 31.9. The molecule has 0 bridgehead atoms. The van der Waals surface area contributed by atoms with Gasteiger partial charge in [-0.15, -0.1) is 0 Å². The van der Waals surface area contributed by atoms with Crippen molar-refractivity contribution in [2.45, 2.75) is 141 Å². The zero-order valence-electron chi connectivity index (χ0n) is 47.6. The Morgan fingerprint density at radius 2 is 1.45 bits per heavy atom. The summed E-state index contributed by atoms with van der Waals surface area (Å²) in [7, 11) is 4.66. The van der Waals surface area contributed by atoms with Crippen LogP contribution in [0.1, 0.15) is 146 Å². The van der Waals surface area contributed by atoms with E-state index < -0.39 is 47.2 Å². The lowest BCUT2D eigenvalue weighted by atomic mass is 9.44. The summed E-state index contributed by atoms with van der Waals surface area (Å²) in [5, 5.41) is 8.26. The number of carbonyl (C=O) groups excluding carboxylic acids is 4. The Hall–Kier alpha value is -6.52. The lowest BCUT2D eigenvalue weighted by molar-refractivity contribution is -0.156. The van der Waals surface area contributed by atoms with Crippen LogP contribution in [-0.4, -0.2) is 86.4 Å². The van der Waals surface area contributed by atoms with E-state index in [-0.39, 0.29) is 56.3 Å². The maximum atomic E-state index is 13.6. The summed E-state index contributed by atoms with van der Waals surface area (Å²) >= 11 is 0. The largest absolute Gasteiger partial charge is 0.497 e. The number of fused-ring (bicyclic) bond motifs is 5. The van der Waals surface area contributed by atoms with Crippen LogP contribution in [-0.2, 0) is 39.0 Å². The first kappa shape index (κ1) is 58.1. The van der Waals surface area contributed by atoms with E-state index in [0.717, 1.165) is 46.8 Å². The molecule has 430 valence electrons. The van der Waals surface area contributed by atoms with Crippen molar-refractivity contribution in [2.24, 2.45) is 46.3 Å². The standard InChI is InChI=1S/C64H83N5O11/c1-41(50-27-28-51-49-26-21-43-12-10-11-34-62(43,2)52(49)33-35-63(50,51)3)15-29-56(71)66-36-37-67-57(72)30-16-42-39-69(61(75)68-60(42)74)58-38-53(80-59(73)32-31-55(70)65-4)54(79-58)40-78-64(44-13-8-7-9-14-44,45-17-22-47(76-5)23-18-45)46-19-24-48(77-6)25-20-46/h7-9,13-14,16-20,22-25,30,39,41,43,49-54,58H,10-12,15,21,26-29,31-38,40H2,1-6H3,(H,65,70)(H,66,71)(H,67,72)(H,68,74,75)/t41-,43+,49+,50-,51+,52+,53-,54-,58-,62+,63-/m1/s1. The lowest BCUT2D eigenvalue weighted by Gasteiger charge is -2.61. The van der Waals surface area contributed by atoms with Gasteiger partial charge in [0.05, 0.1) is 32.8 Å². The summed E-state index contributed by atoms with van der Waals surface area (Å²) in [6.45, 7) is 7.84. The molecule has 4 N–H and O–H groups in total. The average molecular weight is 1100 g/mol. The molecule has 1 saturated heterocycles. The molecule has 5 aliphatic rings.